The van der Waals surface area contributed by atoms with Gasteiger partial charge in [-0.2, -0.15) is 10.4 Å². The highest BCUT2D eigenvalue weighted by Gasteiger charge is 2.19. The van der Waals surface area contributed by atoms with Gasteiger partial charge in [0.2, 0.25) is 0 Å². The van der Waals surface area contributed by atoms with Crippen LogP contribution < -0.4 is 0 Å². The van der Waals surface area contributed by atoms with Crippen LogP contribution in [0.5, 0.6) is 0 Å². The molecule has 0 aromatic carbocycles. The Balaban J connectivity index is 2.63. The molecule has 4 nitrogen and oxygen atoms in total. The Bertz CT molecular complexity index is 622. The fourth-order valence-corrected chi connectivity index (χ4v) is 1.97. The zero-order valence-corrected chi connectivity index (χ0v) is 11.2. The van der Waals surface area contributed by atoms with Crippen molar-refractivity contribution in [2.24, 2.45) is 0 Å². The van der Waals surface area contributed by atoms with Crippen molar-refractivity contribution in [2.75, 3.05) is 0 Å². The molecule has 0 radical (unpaired) electrons. The number of hydrogen-bond acceptors (Lipinski definition) is 3. The Morgan fingerprint density at radius 3 is 2.67 bits per heavy atom. The number of aryl methyl sites for hydroxylation is 1. The smallest absolute Gasteiger partial charge is 0.155 e. The van der Waals surface area contributed by atoms with E-state index in [4.69, 9.17) is 16.9 Å². The summed E-state index contributed by atoms with van der Waals surface area (Å²) >= 11 is 6.20. The molecular weight excluding hydrogens is 248 g/mol. The summed E-state index contributed by atoms with van der Waals surface area (Å²) < 4.78 is 1.52. The number of rotatable bonds is 2. The summed E-state index contributed by atoms with van der Waals surface area (Å²) in [4.78, 5) is 4.23. The average Bonchev–Trinajstić information content (AvgIpc) is 2.66. The van der Waals surface area contributed by atoms with E-state index < -0.39 is 0 Å². The molecule has 0 unspecified atom stereocenters. The van der Waals surface area contributed by atoms with Crippen LogP contribution in [0, 0.1) is 18.3 Å². The number of aromatic nitrogens is 3. The largest absolute Gasteiger partial charge is 0.237 e. The third-order valence-electron chi connectivity index (χ3n) is 2.63. The third-order valence-corrected chi connectivity index (χ3v) is 2.98. The summed E-state index contributed by atoms with van der Waals surface area (Å²) in [5, 5.41) is 13.9. The van der Waals surface area contributed by atoms with E-state index in [0.29, 0.717) is 22.2 Å². The summed E-state index contributed by atoms with van der Waals surface area (Å²) in [6.45, 7) is 5.93. The van der Waals surface area contributed by atoms with Crippen molar-refractivity contribution in [3.8, 4) is 11.9 Å². The number of halogens is 1. The van der Waals surface area contributed by atoms with E-state index in [2.05, 4.69) is 16.2 Å². The molecule has 2 aromatic rings. The summed E-state index contributed by atoms with van der Waals surface area (Å²) in [6, 6.07) is 5.88. The normalized spacial score (nSPS) is 10.7. The minimum Gasteiger partial charge on any atom is -0.237 e. The van der Waals surface area contributed by atoms with Crippen molar-refractivity contribution >= 4 is 11.6 Å². The number of nitriles is 1. The first-order chi connectivity index (χ1) is 8.54. The molecule has 2 rings (SSSR count). The van der Waals surface area contributed by atoms with E-state index in [0.717, 1.165) is 5.56 Å². The van der Waals surface area contributed by atoms with Crippen molar-refractivity contribution < 1.29 is 0 Å². The van der Waals surface area contributed by atoms with Gasteiger partial charge in [-0.25, -0.2) is 9.67 Å². The number of nitrogens with zero attached hydrogens (tertiary/aromatic N) is 4. The van der Waals surface area contributed by atoms with Crippen LogP contribution in [0.1, 0.15) is 36.6 Å². The first-order valence-corrected chi connectivity index (χ1v) is 6.04. The Kier molecular flexibility index (Phi) is 3.35. The van der Waals surface area contributed by atoms with E-state index >= 15 is 0 Å². The van der Waals surface area contributed by atoms with Crippen molar-refractivity contribution in [1.82, 2.24) is 14.8 Å². The van der Waals surface area contributed by atoms with Crippen LogP contribution in [0.25, 0.3) is 5.82 Å². The first kappa shape index (κ1) is 12.6. The van der Waals surface area contributed by atoms with Crippen LogP contribution in [0.2, 0.25) is 5.15 Å². The highest BCUT2D eigenvalue weighted by molar-refractivity contribution is 6.31. The molecule has 18 heavy (non-hydrogen) atoms. The molecule has 0 aliphatic carbocycles. The maximum atomic E-state index is 9.15. The predicted molar refractivity (Wildman–Crippen MR) is 69.9 cm³/mol. The topological polar surface area (TPSA) is 54.5 Å². The highest BCUT2D eigenvalue weighted by Crippen LogP contribution is 2.27. The molecule has 0 saturated heterocycles. The Hall–Kier alpha value is -1.86. The molecule has 0 saturated carbocycles. The molecule has 5 heteroatoms. The van der Waals surface area contributed by atoms with E-state index in [1.54, 1.807) is 6.20 Å². The molecule has 0 fully saturated rings. The average molecular weight is 261 g/mol. The monoisotopic (exact) mass is 260 g/mol. The third kappa shape index (κ3) is 2.09. The van der Waals surface area contributed by atoms with Gasteiger partial charge in [0.05, 0.1) is 5.69 Å². The van der Waals surface area contributed by atoms with E-state index in [1.165, 1.54) is 4.68 Å². The standard InChI is InChI=1S/C13H13ClN4/c1-8(2)12-10(7-15)13(14)18(17-12)11-6-9(3)4-5-16-11/h4-6,8H,1-3H3. The molecule has 0 atom stereocenters. The summed E-state index contributed by atoms with van der Waals surface area (Å²) in [5.41, 5.74) is 2.19. The van der Waals surface area contributed by atoms with Crippen LogP contribution in [0.4, 0.5) is 0 Å². The summed E-state index contributed by atoms with van der Waals surface area (Å²) in [6.07, 6.45) is 1.70. The molecule has 0 bridgehead atoms. The van der Waals surface area contributed by atoms with Gasteiger partial charge < -0.3 is 0 Å². The van der Waals surface area contributed by atoms with Gasteiger partial charge in [0.1, 0.15) is 11.6 Å². The van der Waals surface area contributed by atoms with Crippen LogP contribution in [-0.4, -0.2) is 14.8 Å². The zero-order valence-electron chi connectivity index (χ0n) is 10.5. The minimum absolute atomic E-state index is 0.142. The molecular formula is C13H13ClN4. The van der Waals surface area contributed by atoms with Crippen molar-refractivity contribution in [1.29, 1.82) is 5.26 Å². The molecule has 0 amide bonds. The molecule has 0 N–H and O–H groups in total. The van der Waals surface area contributed by atoms with Crippen molar-refractivity contribution in [3.63, 3.8) is 0 Å². The number of pyridine rings is 1. The van der Waals surface area contributed by atoms with Crippen LogP contribution >= 0.6 is 11.6 Å². The van der Waals surface area contributed by atoms with E-state index in [9.17, 15) is 0 Å². The van der Waals surface area contributed by atoms with Gasteiger partial charge in [0.25, 0.3) is 0 Å². The fraction of sp³-hybridized carbons (Fsp3) is 0.308. The van der Waals surface area contributed by atoms with Gasteiger partial charge in [0, 0.05) is 6.20 Å². The Morgan fingerprint density at radius 1 is 1.44 bits per heavy atom. The SMILES string of the molecule is Cc1ccnc(-n2nc(C(C)C)c(C#N)c2Cl)c1. The van der Waals surface area contributed by atoms with E-state index in [-0.39, 0.29) is 5.92 Å². The second-order valence-corrected chi connectivity index (χ2v) is 4.78. The fourth-order valence-electron chi connectivity index (χ4n) is 1.71. The van der Waals surface area contributed by atoms with Gasteiger partial charge in [-0.05, 0) is 30.5 Å². The number of hydrogen-bond donors (Lipinski definition) is 0. The predicted octanol–water partition coefficient (Wildman–Crippen LogP) is 3.22. The highest BCUT2D eigenvalue weighted by atomic mass is 35.5. The lowest BCUT2D eigenvalue weighted by molar-refractivity contribution is 0.757. The molecule has 0 aliphatic heterocycles. The lowest BCUT2D eigenvalue weighted by atomic mass is 10.1. The second kappa shape index (κ2) is 4.79. The molecule has 2 aromatic heterocycles. The minimum atomic E-state index is 0.142. The molecule has 0 spiro atoms. The molecule has 0 aliphatic rings. The van der Waals surface area contributed by atoms with Crippen LogP contribution in [0.15, 0.2) is 18.3 Å². The maximum absolute atomic E-state index is 9.15. The summed E-state index contributed by atoms with van der Waals surface area (Å²) in [7, 11) is 0. The van der Waals surface area contributed by atoms with Crippen LogP contribution in [-0.2, 0) is 0 Å². The van der Waals surface area contributed by atoms with Gasteiger partial charge in [-0.1, -0.05) is 25.4 Å². The first-order valence-electron chi connectivity index (χ1n) is 5.66. The van der Waals surface area contributed by atoms with Gasteiger partial charge >= 0.3 is 0 Å². The van der Waals surface area contributed by atoms with Crippen molar-refractivity contribution in [3.05, 3.63) is 40.3 Å². The van der Waals surface area contributed by atoms with Gasteiger partial charge in [-0.15, -0.1) is 0 Å². The Morgan fingerprint density at radius 2 is 2.17 bits per heavy atom. The maximum Gasteiger partial charge on any atom is 0.155 e. The van der Waals surface area contributed by atoms with Crippen LogP contribution in [0.3, 0.4) is 0 Å². The molecule has 92 valence electrons. The van der Waals surface area contributed by atoms with Crippen molar-refractivity contribution in [2.45, 2.75) is 26.7 Å². The summed E-state index contributed by atoms with van der Waals surface area (Å²) in [5.74, 6) is 0.770. The molecule has 2 heterocycles. The quantitative estimate of drug-likeness (QED) is 0.833. The van der Waals surface area contributed by atoms with Gasteiger partial charge in [0.15, 0.2) is 11.0 Å². The van der Waals surface area contributed by atoms with Gasteiger partial charge in [-0.3, -0.25) is 0 Å². The lowest BCUT2D eigenvalue weighted by Gasteiger charge is -2.02. The zero-order chi connectivity index (χ0) is 13.3. The lowest BCUT2D eigenvalue weighted by Crippen LogP contribution is -2.01. The van der Waals surface area contributed by atoms with E-state index in [1.807, 2.05) is 32.9 Å². The Labute approximate surface area is 111 Å². The second-order valence-electron chi connectivity index (χ2n) is 4.42.